The van der Waals surface area contributed by atoms with Crippen LogP contribution in [-0.4, -0.2) is 20.0 Å². The smallest absolute Gasteiger partial charge is 0.143 e. The third-order valence-electron chi connectivity index (χ3n) is 3.33. The van der Waals surface area contributed by atoms with E-state index in [1.807, 2.05) is 4.68 Å². The minimum atomic E-state index is 0.308. The predicted octanol–water partition coefficient (Wildman–Crippen LogP) is 2.72. The van der Waals surface area contributed by atoms with Gasteiger partial charge in [-0.05, 0) is 31.6 Å². The van der Waals surface area contributed by atoms with Crippen molar-refractivity contribution >= 4 is 17.2 Å². The molecule has 1 aromatic rings. The standard InChI is InChI=1S/C13H24N4S/c1-8(2)6-7-11-12(13(14)18)15-16-17(11)10(5)9(3)4/h8-10H,6-7H2,1-5H3,(H2,14,18). The second-order valence-electron chi connectivity index (χ2n) is 5.61. The molecule has 0 fully saturated rings. The lowest BCUT2D eigenvalue weighted by molar-refractivity contribution is 0.355. The molecule has 4 nitrogen and oxygen atoms in total. The molecule has 5 heteroatoms. The van der Waals surface area contributed by atoms with Crippen molar-refractivity contribution in [1.82, 2.24) is 15.0 Å². The second-order valence-corrected chi connectivity index (χ2v) is 6.05. The highest BCUT2D eigenvalue weighted by atomic mass is 32.1. The molecule has 102 valence electrons. The highest BCUT2D eigenvalue weighted by molar-refractivity contribution is 7.80. The average molecular weight is 268 g/mol. The van der Waals surface area contributed by atoms with Crippen molar-refractivity contribution in [2.24, 2.45) is 17.6 Å². The van der Waals surface area contributed by atoms with Crippen molar-refractivity contribution in [2.45, 2.75) is 53.5 Å². The number of hydrogen-bond acceptors (Lipinski definition) is 3. The Morgan fingerprint density at radius 2 is 1.89 bits per heavy atom. The van der Waals surface area contributed by atoms with Crippen LogP contribution in [0.5, 0.6) is 0 Å². The van der Waals surface area contributed by atoms with Crippen molar-refractivity contribution in [1.29, 1.82) is 0 Å². The van der Waals surface area contributed by atoms with Gasteiger partial charge >= 0.3 is 0 Å². The maximum Gasteiger partial charge on any atom is 0.143 e. The SMILES string of the molecule is CC(C)CCc1c(C(N)=S)nnn1C(C)C(C)C. The molecule has 0 saturated carbocycles. The number of hydrogen-bond donors (Lipinski definition) is 1. The minimum Gasteiger partial charge on any atom is -0.388 e. The Kier molecular flexibility index (Phi) is 5.26. The summed E-state index contributed by atoms with van der Waals surface area (Å²) >= 11 is 5.06. The van der Waals surface area contributed by atoms with Crippen LogP contribution in [0.2, 0.25) is 0 Å². The van der Waals surface area contributed by atoms with Gasteiger partial charge in [0.05, 0.1) is 11.7 Å². The van der Waals surface area contributed by atoms with Crippen LogP contribution in [0, 0.1) is 11.8 Å². The zero-order valence-corrected chi connectivity index (χ0v) is 12.8. The van der Waals surface area contributed by atoms with Crippen molar-refractivity contribution in [3.63, 3.8) is 0 Å². The van der Waals surface area contributed by atoms with Crippen molar-refractivity contribution in [3.05, 3.63) is 11.4 Å². The fourth-order valence-corrected chi connectivity index (χ4v) is 1.93. The van der Waals surface area contributed by atoms with Gasteiger partial charge in [0, 0.05) is 0 Å². The van der Waals surface area contributed by atoms with Gasteiger partial charge in [-0.1, -0.05) is 45.1 Å². The lowest BCUT2D eigenvalue weighted by Gasteiger charge is -2.19. The lowest BCUT2D eigenvalue weighted by Crippen LogP contribution is -2.19. The molecule has 0 aliphatic rings. The fourth-order valence-electron chi connectivity index (χ4n) is 1.77. The summed E-state index contributed by atoms with van der Waals surface area (Å²) in [5.41, 5.74) is 7.50. The van der Waals surface area contributed by atoms with Crippen LogP contribution in [0.3, 0.4) is 0 Å². The van der Waals surface area contributed by atoms with Gasteiger partial charge in [-0.15, -0.1) is 5.10 Å². The van der Waals surface area contributed by atoms with E-state index < -0.39 is 0 Å². The summed E-state index contributed by atoms with van der Waals surface area (Å²) in [5, 5.41) is 8.38. The zero-order chi connectivity index (χ0) is 13.9. The van der Waals surface area contributed by atoms with Crippen molar-refractivity contribution < 1.29 is 0 Å². The molecule has 0 aliphatic heterocycles. The van der Waals surface area contributed by atoms with E-state index in [2.05, 4.69) is 44.9 Å². The Morgan fingerprint density at radius 3 is 2.33 bits per heavy atom. The van der Waals surface area contributed by atoms with Crippen LogP contribution in [0.1, 0.15) is 58.5 Å². The molecule has 0 spiro atoms. The van der Waals surface area contributed by atoms with Gasteiger partial charge in [-0.2, -0.15) is 0 Å². The maximum atomic E-state index is 5.73. The Labute approximate surface area is 115 Å². The molecule has 0 bridgehead atoms. The van der Waals surface area contributed by atoms with E-state index in [0.29, 0.717) is 28.6 Å². The molecule has 2 N–H and O–H groups in total. The zero-order valence-electron chi connectivity index (χ0n) is 12.0. The molecule has 18 heavy (non-hydrogen) atoms. The molecule has 1 heterocycles. The highest BCUT2D eigenvalue weighted by Crippen LogP contribution is 2.21. The largest absolute Gasteiger partial charge is 0.388 e. The third kappa shape index (κ3) is 3.51. The molecule has 0 radical (unpaired) electrons. The van der Waals surface area contributed by atoms with Crippen LogP contribution < -0.4 is 5.73 Å². The summed E-state index contributed by atoms with van der Waals surface area (Å²) in [6.45, 7) is 10.9. The van der Waals surface area contributed by atoms with Crippen molar-refractivity contribution in [2.75, 3.05) is 0 Å². The van der Waals surface area contributed by atoms with E-state index in [1.54, 1.807) is 0 Å². The molecule has 0 amide bonds. The van der Waals surface area contributed by atoms with E-state index in [-0.39, 0.29) is 0 Å². The number of nitrogens with two attached hydrogens (primary N) is 1. The first-order valence-electron chi connectivity index (χ1n) is 6.58. The van der Waals surface area contributed by atoms with Crippen LogP contribution in [-0.2, 0) is 6.42 Å². The molecule has 0 aromatic carbocycles. The van der Waals surface area contributed by atoms with Crippen molar-refractivity contribution in [3.8, 4) is 0 Å². The summed E-state index contributed by atoms with van der Waals surface area (Å²) in [6, 6.07) is 0.308. The Bertz CT molecular complexity index is 409. The summed E-state index contributed by atoms with van der Waals surface area (Å²) in [7, 11) is 0. The number of nitrogens with zero attached hydrogens (tertiary/aromatic N) is 3. The Balaban J connectivity index is 3.06. The molecule has 0 aliphatic carbocycles. The maximum absolute atomic E-state index is 5.73. The highest BCUT2D eigenvalue weighted by Gasteiger charge is 2.20. The minimum absolute atomic E-state index is 0.308. The first kappa shape index (κ1) is 15.1. The van der Waals surface area contributed by atoms with Crippen LogP contribution in [0.25, 0.3) is 0 Å². The van der Waals surface area contributed by atoms with Gasteiger partial charge in [0.1, 0.15) is 10.7 Å². The van der Waals surface area contributed by atoms with Gasteiger partial charge in [0.15, 0.2) is 0 Å². The second kappa shape index (κ2) is 6.27. The molecule has 0 saturated heterocycles. The Morgan fingerprint density at radius 1 is 1.28 bits per heavy atom. The fraction of sp³-hybridized carbons (Fsp3) is 0.769. The molecular formula is C13H24N4S. The number of thiocarbonyl (C=S) groups is 1. The van der Waals surface area contributed by atoms with Gasteiger partial charge in [0.25, 0.3) is 0 Å². The van der Waals surface area contributed by atoms with E-state index in [0.717, 1.165) is 18.5 Å². The molecule has 1 atom stereocenters. The quantitative estimate of drug-likeness (QED) is 0.806. The topological polar surface area (TPSA) is 56.7 Å². The van der Waals surface area contributed by atoms with Crippen LogP contribution in [0.4, 0.5) is 0 Å². The molecule has 1 unspecified atom stereocenters. The monoisotopic (exact) mass is 268 g/mol. The summed E-state index contributed by atoms with van der Waals surface area (Å²) in [4.78, 5) is 0.343. The first-order valence-corrected chi connectivity index (χ1v) is 6.99. The number of aromatic nitrogens is 3. The molecular weight excluding hydrogens is 244 g/mol. The van der Waals surface area contributed by atoms with E-state index >= 15 is 0 Å². The average Bonchev–Trinajstić information content (AvgIpc) is 2.68. The van der Waals surface area contributed by atoms with Gasteiger partial charge in [-0.25, -0.2) is 4.68 Å². The van der Waals surface area contributed by atoms with Gasteiger partial charge in [0.2, 0.25) is 0 Å². The summed E-state index contributed by atoms with van der Waals surface area (Å²) in [6.07, 6.45) is 2.02. The molecule has 1 aromatic heterocycles. The van der Waals surface area contributed by atoms with E-state index in [4.69, 9.17) is 18.0 Å². The predicted molar refractivity (Wildman–Crippen MR) is 78.6 cm³/mol. The van der Waals surface area contributed by atoms with Crippen LogP contribution >= 0.6 is 12.2 Å². The lowest BCUT2D eigenvalue weighted by atomic mass is 10.0. The summed E-state index contributed by atoms with van der Waals surface area (Å²) < 4.78 is 1.99. The summed E-state index contributed by atoms with van der Waals surface area (Å²) in [5.74, 6) is 1.14. The third-order valence-corrected chi connectivity index (χ3v) is 3.53. The normalized spacial score (nSPS) is 13.3. The Hall–Kier alpha value is -0.970. The van der Waals surface area contributed by atoms with E-state index in [1.165, 1.54) is 0 Å². The first-order chi connectivity index (χ1) is 8.34. The van der Waals surface area contributed by atoms with Gasteiger partial charge in [-0.3, -0.25) is 0 Å². The van der Waals surface area contributed by atoms with E-state index in [9.17, 15) is 0 Å². The number of rotatable bonds is 6. The van der Waals surface area contributed by atoms with Crippen LogP contribution in [0.15, 0.2) is 0 Å². The molecule has 1 rings (SSSR count). The van der Waals surface area contributed by atoms with Gasteiger partial charge < -0.3 is 5.73 Å².